The van der Waals surface area contributed by atoms with Crippen molar-refractivity contribution < 1.29 is 4.74 Å². The summed E-state index contributed by atoms with van der Waals surface area (Å²) in [6, 6.07) is 0. The number of guanidine groups is 1. The highest BCUT2D eigenvalue weighted by molar-refractivity contribution is 5.79. The Bertz CT molecular complexity index is 222. The average molecular weight is 257 g/mol. The number of rotatable bonds is 8. The van der Waals surface area contributed by atoms with Gasteiger partial charge in [0.05, 0.1) is 6.61 Å². The summed E-state index contributed by atoms with van der Waals surface area (Å²) in [5, 5.41) is 6.47. The van der Waals surface area contributed by atoms with Crippen molar-refractivity contribution in [3.8, 4) is 0 Å². The van der Waals surface area contributed by atoms with Gasteiger partial charge in [0.1, 0.15) is 0 Å². The van der Waals surface area contributed by atoms with Gasteiger partial charge in [-0.25, -0.2) is 0 Å². The summed E-state index contributed by atoms with van der Waals surface area (Å²) >= 11 is 0. The first-order valence-electron chi connectivity index (χ1n) is 7.00. The third-order valence-electron chi connectivity index (χ3n) is 2.55. The second kappa shape index (κ2) is 10.2. The van der Waals surface area contributed by atoms with Crippen LogP contribution in [0.25, 0.3) is 0 Å². The topological polar surface area (TPSA) is 45.7 Å². The maximum absolute atomic E-state index is 5.01. The van der Waals surface area contributed by atoms with E-state index in [1.54, 1.807) is 7.11 Å². The second-order valence-electron chi connectivity index (χ2n) is 5.70. The number of ether oxygens (including phenoxy) is 1. The lowest BCUT2D eigenvalue weighted by Gasteiger charge is -2.17. The molecule has 0 aliphatic heterocycles. The molecule has 0 aromatic heterocycles. The Balaban J connectivity index is 3.78. The maximum atomic E-state index is 5.01. The molecule has 0 atom stereocenters. The summed E-state index contributed by atoms with van der Waals surface area (Å²) in [5.74, 6) is 0.894. The predicted molar refractivity (Wildman–Crippen MR) is 79.2 cm³/mol. The molecule has 0 fully saturated rings. The molecule has 4 heteroatoms. The second-order valence-corrected chi connectivity index (χ2v) is 5.70. The molecule has 0 aliphatic carbocycles. The minimum atomic E-state index is 0.435. The van der Waals surface area contributed by atoms with Gasteiger partial charge in [0.2, 0.25) is 0 Å². The number of aliphatic imine (C=N–C) groups is 1. The number of methoxy groups -OCH3 is 1. The van der Waals surface area contributed by atoms with Gasteiger partial charge in [0.25, 0.3) is 0 Å². The van der Waals surface area contributed by atoms with E-state index in [-0.39, 0.29) is 0 Å². The lowest BCUT2D eigenvalue weighted by atomic mass is 9.90. The summed E-state index contributed by atoms with van der Waals surface area (Å²) in [5.41, 5.74) is 0.435. The molecule has 108 valence electrons. The van der Waals surface area contributed by atoms with E-state index in [1.165, 1.54) is 12.8 Å². The van der Waals surface area contributed by atoms with Crippen LogP contribution in [0.4, 0.5) is 0 Å². The van der Waals surface area contributed by atoms with Crippen molar-refractivity contribution in [2.45, 2.75) is 47.0 Å². The van der Waals surface area contributed by atoms with Crippen LogP contribution in [0.15, 0.2) is 4.99 Å². The first kappa shape index (κ1) is 17.2. The fourth-order valence-electron chi connectivity index (χ4n) is 1.57. The molecule has 0 unspecified atom stereocenters. The fraction of sp³-hybridized carbons (Fsp3) is 0.929. The number of hydrogen-bond acceptors (Lipinski definition) is 2. The predicted octanol–water partition coefficient (Wildman–Crippen LogP) is 2.40. The van der Waals surface area contributed by atoms with Gasteiger partial charge in [0, 0.05) is 26.7 Å². The SMILES string of the molecule is CCNC(=NCCCCC(C)(C)C)NCCOC. The largest absolute Gasteiger partial charge is 0.383 e. The van der Waals surface area contributed by atoms with Crippen molar-refractivity contribution in [1.82, 2.24) is 10.6 Å². The molecular formula is C14H31N3O. The third-order valence-corrected chi connectivity index (χ3v) is 2.55. The summed E-state index contributed by atoms with van der Waals surface area (Å²) in [6.45, 7) is 12.2. The monoisotopic (exact) mass is 257 g/mol. The van der Waals surface area contributed by atoms with E-state index >= 15 is 0 Å². The number of unbranched alkanes of at least 4 members (excludes halogenated alkanes) is 1. The smallest absolute Gasteiger partial charge is 0.191 e. The molecule has 0 saturated carbocycles. The molecule has 0 saturated heterocycles. The van der Waals surface area contributed by atoms with Crippen LogP contribution in [0.5, 0.6) is 0 Å². The zero-order valence-corrected chi connectivity index (χ0v) is 12.8. The quantitative estimate of drug-likeness (QED) is 0.399. The highest BCUT2D eigenvalue weighted by Crippen LogP contribution is 2.21. The van der Waals surface area contributed by atoms with Gasteiger partial charge in [0.15, 0.2) is 5.96 Å². The third kappa shape index (κ3) is 11.7. The lowest BCUT2D eigenvalue weighted by Crippen LogP contribution is -2.39. The van der Waals surface area contributed by atoms with E-state index in [1.807, 2.05) is 0 Å². The highest BCUT2D eigenvalue weighted by Gasteiger charge is 2.08. The molecule has 0 radical (unpaired) electrons. The van der Waals surface area contributed by atoms with E-state index in [9.17, 15) is 0 Å². The van der Waals surface area contributed by atoms with Crippen LogP contribution in [0.3, 0.4) is 0 Å². The fourth-order valence-corrected chi connectivity index (χ4v) is 1.57. The van der Waals surface area contributed by atoms with Gasteiger partial charge in [-0.05, 0) is 25.2 Å². The summed E-state index contributed by atoms with van der Waals surface area (Å²) in [7, 11) is 1.71. The Labute approximate surface area is 113 Å². The zero-order chi connectivity index (χ0) is 13.9. The van der Waals surface area contributed by atoms with E-state index in [0.29, 0.717) is 12.0 Å². The molecule has 4 nitrogen and oxygen atoms in total. The van der Waals surface area contributed by atoms with E-state index < -0.39 is 0 Å². The molecule has 18 heavy (non-hydrogen) atoms. The van der Waals surface area contributed by atoms with Crippen molar-refractivity contribution in [2.24, 2.45) is 10.4 Å². The number of nitrogens with one attached hydrogen (secondary N) is 2. The molecule has 0 bridgehead atoms. The van der Waals surface area contributed by atoms with Crippen LogP contribution in [-0.4, -0.2) is 39.3 Å². The molecule has 0 aromatic carbocycles. The Morgan fingerprint density at radius 3 is 2.44 bits per heavy atom. The van der Waals surface area contributed by atoms with Crippen LogP contribution in [0.1, 0.15) is 47.0 Å². The molecule has 0 spiro atoms. The van der Waals surface area contributed by atoms with Crippen molar-refractivity contribution in [2.75, 3.05) is 33.4 Å². The number of hydrogen-bond donors (Lipinski definition) is 2. The van der Waals surface area contributed by atoms with Gasteiger partial charge in [-0.15, -0.1) is 0 Å². The Morgan fingerprint density at radius 1 is 1.17 bits per heavy atom. The van der Waals surface area contributed by atoms with Crippen LogP contribution in [0.2, 0.25) is 0 Å². The normalized spacial score (nSPS) is 12.6. The molecule has 0 amide bonds. The average Bonchev–Trinajstić information content (AvgIpc) is 2.27. The van der Waals surface area contributed by atoms with Gasteiger partial charge in [-0.2, -0.15) is 0 Å². The summed E-state index contributed by atoms with van der Waals surface area (Å²) in [6.07, 6.45) is 3.65. The summed E-state index contributed by atoms with van der Waals surface area (Å²) < 4.78 is 5.01. The van der Waals surface area contributed by atoms with Crippen LogP contribution in [0, 0.1) is 5.41 Å². The van der Waals surface area contributed by atoms with Gasteiger partial charge >= 0.3 is 0 Å². The molecule has 0 aliphatic rings. The summed E-state index contributed by atoms with van der Waals surface area (Å²) in [4.78, 5) is 4.54. The van der Waals surface area contributed by atoms with Crippen molar-refractivity contribution in [3.63, 3.8) is 0 Å². The molecule has 0 heterocycles. The minimum absolute atomic E-state index is 0.435. The zero-order valence-electron chi connectivity index (χ0n) is 12.8. The highest BCUT2D eigenvalue weighted by atomic mass is 16.5. The van der Waals surface area contributed by atoms with Crippen molar-refractivity contribution >= 4 is 5.96 Å². The van der Waals surface area contributed by atoms with Crippen LogP contribution in [-0.2, 0) is 4.74 Å². The van der Waals surface area contributed by atoms with Gasteiger partial charge < -0.3 is 15.4 Å². The van der Waals surface area contributed by atoms with E-state index in [4.69, 9.17) is 4.74 Å². The molecule has 0 rings (SSSR count). The van der Waals surface area contributed by atoms with Gasteiger partial charge in [-0.3, -0.25) is 4.99 Å². The maximum Gasteiger partial charge on any atom is 0.191 e. The van der Waals surface area contributed by atoms with Crippen molar-refractivity contribution in [3.05, 3.63) is 0 Å². The van der Waals surface area contributed by atoms with Crippen LogP contribution < -0.4 is 10.6 Å². The minimum Gasteiger partial charge on any atom is -0.383 e. The Morgan fingerprint density at radius 2 is 1.89 bits per heavy atom. The van der Waals surface area contributed by atoms with Crippen molar-refractivity contribution in [1.29, 1.82) is 0 Å². The first-order chi connectivity index (χ1) is 8.49. The standard InChI is InChI=1S/C14H31N3O/c1-6-15-13(17-11-12-18-5)16-10-8-7-9-14(2,3)4/h6-12H2,1-5H3,(H2,15,16,17). The van der Waals surface area contributed by atoms with Crippen LogP contribution >= 0.6 is 0 Å². The first-order valence-corrected chi connectivity index (χ1v) is 7.00. The Kier molecular flexibility index (Phi) is 9.74. The lowest BCUT2D eigenvalue weighted by molar-refractivity contribution is 0.203. The van der Waals surface area contributed by atoms with E-state index in [0.717, 1.165) is 32.0 Å². The van der Waals surface area contributed by atoms with Gasteiger partial charge in [-0.1, -0.05) is 27.2 Å². The molecule has 0 aromatic rings. The van der Waals surface area contributed by atoms with E-state index in [2.05, 4.69) is 43.3 Å². The Hall–Kier alpha value is -0.770. The molecule has 2 N–H and O–H groups in total. The molecular weight excluding hydrogens is 226 g/mol. The number of nitrogens with zero attached hydrogens (tertiary/aromatic N) is 1.